The molecule has 0 spiro atoms. The van der Waals surface area contributed by atoms with E-state index in [9.17, 15) is 0 Å². The van der Waals surface area contributed by atoms with Gasteiger partial charge in [0.1, 0.15) is 12.1 Å². The van der Waals surface area contributed by atoms with Gasteiger partial charge < -0.3 is 5.32 Å². The Balaban J connectivity index is 2.50. The van der Waals surface area contributed by atoms with Crippen LogP contribution >= 0.6 is 0 Å². The number of allylic oxidation sites excluding steroid dienone is 1. The lowest BCUT2D eigenvalue weighted by atomic mass is 10.1. The number of aromatic nitrogens is 2. The van der Waals surface area contributed by atoms with Gasteiger partial charge in [0.15, 0.2) is 0 Å². The fourth-order valence-corrected chi connectivity index (χ4v) is 1.59. The fraction of sp³-hybridized carbons (Fsp3) is 0.400. The topological polar surface area (TPSA) is 37.8 Å². The van der Waals surface area contributed by atoms with Crippen molar-refractivity contribution in [1.82, 2.24) is 9.97 Å². The SMILES string of the molecule is CNc1ncnc2c1C=CCCC2. The van der Waals surface area contributed by atoms with Gasteiger partial charge in [-0.3, -0.25) is 0 Å². The molecule has 0 bridgehead atoms. The third-order valence-electron chi connectivity index (χ3n) is 2.27. The first-order chi connectivity index (χ1) is 6.42. The average molecular weight is 175 g/mol. The molecule has 1 aromatic heterocycles. The Hall–Kier alpha value is -1.38. The Kier molecular flexibility index (Phi) is 2.25. The monoisotopic (exact) mass is 175 g/mol. The Bertz CT molecular complexity index is 331. The zero-order valence-electron chi connectivity index (χ0n) is 7.75. The summed E-state index contributed by atoms with van der Waals surface area (Å²) in [6.45, 7) is 0. The molecule has 3 heteroatoms. The average Bonchev–Trinajstić information content (AvgIpc) is 2.41. The molecule has 1 aliphatic rings. The Morgan fingerprint density at radius 1 is 1.38 bits per heavy atom. The number of anilines is 1. The van der Waals surface area contributed by atoms with Gasteiger partial charge in [0.05, 0.1) is 5.69 Å². The summed E-state index contributed by atoms with van der Waals surface area (Å²) in [6.07, 6.45) is 9.32. The molecule has 1 N–H and O–H groups in total. The minimum atomic E-state index is 0.933. The highest BCUT2D eigenvalue weighted by Crippen LogP contribution is 2.21. The predicted octanol–water partition coefficient (Wildman–Crippen LogP) is 1.87. The zero-order valence-corrected chi connectivity index (χ0v) is 7.75. The first-order valence-electron chi connectivity index (χ1n) is 4.60. The maximum absolute atomic E-state index is 4.29. The number of aryl methyl sites for hydroxylation is 1. The van der Waals surface area contributed by atoms with Crippen LogP contribution in [0.4, 0.5) is 5.82 Å². The molecule has 0 radical (unpaired) electrons. The van der Waals surface area contributed by atoms with Gasteiger partial charge >= 0.3 is 0 Å². The van der Waals surface area contributed by atoms with E-state index in [0.29, 0.717) is 0 Å². The highest BCUT2D eigenvalue weighted by Gasteiger charge is 2.08. The third kappa shape index (κ3) is 1.54. The van der Waals surface area contributed by atoms with Gasteiger partial charge in [-0.1, -0.05) is 12.2 Å². The molecule has 1 heterocycles. The maximum atomic E-state index is 4.29. The second kappa shape index (κ2) is 3.56. The zero-order chi connectivity index (χ0) is 9.10. The second-order valence-corrected chi connectivity index (χ2v) is 3.13. The summed E-state index contributed by atoms with van der Waals surface area (Å²) >= 11 is 0. The van der Waals surface area contributed by atoms with E-state index < -0.39 is 0 Å². The van der Waals surface area contributed by atoms with Gasteiger partial charge in [-0.2, -0.15) is 0 Å². The molecular formula is C10H13N3. The molecular weight excluding hydrogens is 162 g/mol. The molecule has 0 aliphatic heterocycles. The van der Waals surface area contributed by atoms with Gasteiger partial charge in [-0.25, -0.2) is 9.97 Å². The summed E-state index contributed by atoms with van der Waals surface area (Å²) in [5, 5.41) is 3.08. The highest BCUT2D eigenvalue weighted by atomic mass is 15.0. The van der Waals surface area contributed by atoms with Crippen LogP contribution in [-0.2, 0) is 6.42 Å². The van der Waals surface area contributed by atoms with Gasteiger partial charge in [0.25, 0.3) is 0 Å². The molecule has 68 valence electrons. The van der Waals surface area contributed by atoms with Gasteiger partial charge in [0.2, 0.25) is 0 Å². The smallest absolute Gasteiger partial charge is 0.136 e. The van der Waals surface area contributed by atoms with Crippen molar-refractivity contribution in [1.29, 1.82) is 0 Å². The van der Waals surface area contributed by atoms with Crippen molar-refractivity contribution in [3.8, 4) is 0 Å². The first-order valence-corrected chi connectivity index (χ1v) is 4.60. The minimum absolute atomic E-state index is 0.933. The molecule has 0 aromatic carbocycles. The Morgan fingerprint density at radius 2 is 2.31 bits per heavy atom. The molecule has 0 fully saturated rings. The number of nitrogens with one attached hydrogen (secondary N) is 1. The standard InChI is InChI=1S/C10H13N3/c1-11-10-8-5-3-2-4-6-9(8)12-7-13-10/h3,5,7H,2,4,6H2,1H3,(H,11,12,13). The van der Waals surface area contributed by atoms with E-state index in [-0.39, 0.29) is 0 Å². The predicted molar refractivity (Wildman–Crippen MR) is 53.6 cm³/mol. The summed E-state index contributed by atoms with van der Waals surface area (Å²) in [4.78, 5) is 8.46. The Morgan fingerprint density at radius 3 is 3.15 bits per heavy atom. The van der Waals surface area contributed by atoms with Crippen molar-refractivity contribution in [3.05, 3.63) is 23.7 Å². The number of hydrogen-bond donors (Lipinski definition) is 1. The van der Waals surface area contributed by atoms with E-state index in [2.05, 4.69) is 27.4 Å². The first kappa shape index (κ1) is 8.23. The largest absolute Gasteiger partial charge is 0.373 e. The van der Waals surface area contributed by atoms with Crippen LogP contribution in [0.3, 0.4) is 0 Å². The summed E-state index contributed by atoms with van der Waals surface area (Å²) in [5.41, 5.74) is 2.32. The van der Waals surface area contributed by atoms with E-state index >= 15 is 0 Å². The molecule has 0 unspecified atom stereocenters. The van der Waals surface area contributed by atoms with Crippen LogP contribution in [0.1, 0.15) is 24.1 Å². The van der Waals surface area contributed by atoms with E-state index in [1.54, 1.807) is 6.33 Å². The van der Waals surface area contributed by atoms with E-state index in [0.717, 1.165) is 29.9 Å². The van der Waals surface area contributed by atoms with Gasteiger partial charge in [-0.15, -0.1) is 0 Å². The molecule has 0 amide bonds. The third-order valence-corrected chi connectivity index (χ3v) is 2.27. The molecule has 3 nitrogen and oxygen atoms in total. The molecule has 0 saturated heterocycles. The minimum Gasteiger partial charge on any atom is -0.373 e. The van der Waals surface area contributed by atoms with Crippen molar-refractivity contribution in [2.75, 3.05) is 12.4 Å². The van der Waals surface area contributed by atoms with E-state index in [1.165, 1.54) is 6.42 Å². The lowest BCUT2D eigenvalue weighted by Crippen LogP contribution is -2.01. The fourth-order valence-electron chi connectivity index (χ4n) is 1.59. The lowest BCUT2D eigenvalue weighted by Gasteiger charge is -2.06. The van der Waals surface area contributed by atoms with Crippen molar-refractivity contribution >= 4 is 11.9 Å². The molecule has 0 atom stereocenters. The highest BCUT2D eigenvalue weighted by molar-refractivity contribution is 5.65. The van der Waals surface area contributed by atoms with Gasteiger partial charge in [0, 0.05) is 12.6 Å². The summed E-state index contributed by atoms with van der Waals surface area (Å²) in [6, 6.07) is 0. The molecule has 1 aliphatic carbocycles. The number of rotatable bonds is 1. The van der Waals surface area contributed by atoms with Crippen molar-refractivity contribution in [2.24, 2.45) is 0 Å². The second-order valence-electron chi connectivity index (χ2n) is 3.13. The van der Waals surface area contributed by atoms with E-state index in [4.69, 9.17) is 0 Å². The summed E-state index contributed by atoms with van der Waals surface area (Å²) < 4.78 is 0. The Labute approximate surface area is 77.9 Å². The van der Waals surface area contributed by atoms with Crippen molar-refractivity contribution in [2.45, 2.75) is 19.3 Å². The van der Waals surface area contributed by atoms with Crippen LogP contribution in [0, 0.1) is 0 Å². The van der Waals surface area contributed by atoms with Crippen LogP contribution in [-0.4, -0.2) is 17.0 Å². The van der Waals surface area contributed by atoms with Crippen LogP contribution in [0.2, 0.25) is 0 Å². The number of hydrogen-bond acceptors (Lipinski definition) is 3. The molecule has 1 aromatic rings. The normalized spacial score (nSPS) is 14.8. The van der Waals surface area contributed by atoms with Gasteiger partial charge in [-0.05, 0) is 19.3 Å². The van der Waals surface area contributed by atoms with E-state index in [1.807, 2.05) is 7.05 Å². The lowest BCUT2D eigenvalue weighted by molar-refractivity contribution is 0.821. The molecule has 2 rings (SSSR count). The summed E-state index contributed by atoms with van der Waals surface area (Å²) in [5.74, 6) is 0.933. The van der Waals surface area contributed by atoms with Crippen LogP contribution in [0.5, 0.6) is 0 Å². The van der Waals surface area contributed by atoms with Crippen LogP contribution < -0.4 is 5.32 Å². The maximum Gasteiger partial charge on any atom is 0.136 e. The molecule has 13 heavy (non-hydrogen) atoms. The van der Waals surface area contributed by atoms with Crippen LogP contribution in [0.25, 0.3) is 6.08 Å². The molecule has 0 saturated carbocycles. The number of nitrogens with zero attached hydrogens (tertiary/aromatic N) is 2. The summed E-state index contributed by atoms with van der Waals surface area (Å²) in [7, 11) is 1.89. The van der Waals surface area contributed by atoms with Crippen LogP contribution in [0.15, 0.2) is 12.4 Å². The quantitative estimate of drug-likeness (QED) is 0.708. The van der Waals surface area contributed by atoms with Crippen molar-refractivity contribution in [3.63, 3.8) is 0 Å². The van der Waals surface area contributed by atoms with Crippen molar-refractivity contribution < 1.29 is 0 Å². The number of fused-ring (bicyclic) bond motifs is 1.